The third-order valence-electron chi connectivity index (χ3n) is 5.55. The van der Waals surface area contributed by atoms with Gasteiger partial charge in [-0.05, 0) is 43.7 Å². The highest BCUT2D eigenvalue weighted by Gasteiger charge is 2.25. The number of fused-ring (bicyclic) bond motifs is 1. The molecule has 2 amide bonds. The van der Waals surface area contributed by atoms with Gasteiger partial charge in [0.25, 0.3) is 0 Å². The van der Waals surface area contributed by atoms with Crippen molar-refractivity contribution in [3.05, 3.63) is 29.8 Å². The molecule has 0 unspecified atom stereocenters. The monoisotopic (exact) mass is 385 g/mol. The van der Waals surface area contributed by atoms with E-state index < -0.39 is 0 Å². The zero-order valence-electron chi connectivity index (χ0n) is 16.9. The summed E-state index contributed by atoms with van der Waals surface area (Å²) in [6, 6.07) is 8.08. The molecule has 1 aromatic rings. The van der Waals surface area contributed by atoms with Gasteiger partial charge in [-0.25, -0.2) is 4.99 Å². The number of piperidine rings is 1. The molecular formula is C21H31N5O2. The summed E-state index contributed by atoms with van der Waals surface area (Å²) in [5.41, 5.74) is 2.24. The van der Waals surface area contributed by atoms with Crippen LogP contribution >= 0.6 is 0 Å². The molecule has 2 aliphatic rings. The van der Waals surface area contributed by atoms with Crippen molar-refractivity contribution in [1.82, 2.24) is 15.5 Å². The van der Waals surface area contributed by atoms with Crippen molar-refractivity contribution in [3.63, 3.8) is 0 Å². The largest absolute Gasteiger partial charge is 0.359 e. The molecule has 1 fully saturated rings. The molecule has 2 heterocycles. The topological polar surface area (TPSA) is 77.0 Å². The van der Waals surface area contributed by atoms with Crippen LogP contribution in [0.2, 0.25) is 0 Å². The number of amides is 2. The number of carbonyl (C=O) groups excluding carboxylic acids is 2. The molecule has 0 atom stereocenters. The highest BCUT2D eigenvalue weighted by molar-refractivity contribution is 5.98. The van der Waals surface area contributed by atoms with Crippen LogP contribution in [0.15, 0.2) is 29.3 Å². The van der Waals surface area contributed by atoms with Crippen LogP contribution in [0.5, 0.6) is 0 Å². The fraction of sp³-hybridized carbons (Fsp3) is 0.571. The van der Waals surface area contributed by atoms with Gasteiger partial charge in [0, 0.05) is 45.3 Å². The average Bonchev–Trinajstić information content (AvgIpc) is 3.15. The SMILES string of the molecule is CCNC(=NCC(=O)N1CCc2ccccc21)N1CCC(CC(=O)NC)CC1. The zero-order chi connectivity index (χ0) is 19.9. The van der Waals surface area contributed by atoms with Gasteiger partial charge < -0.3 is 20.4 Å². The Labute approximate surface area is 167 Å². The highest BCUT2D eigenvalue weighted by Crippen LogP contribution is 2.27. The first-order chi connectivity index (χ1) is 13.6. The zero-order valence-corrected chi connectivity index (χ0v) is 16.9. The summed E-state index contributed by atoms with van der Waals surface area (Å²) in [5, 5.41) is 6.01. The minimum absolute atomic E-state index is 0.0369. The van der Waals surface area contributed by atoms with Crippen LogP contribution in [-0.4, -0.2) is 62.4 Å². The normalized spacial score (nSPS) is 17.4. The van der Waals surface area contributed by atoms with Gasteiger partial charge in [0.1, 0.15) is 6.54 Å². The van der Waals surface area contributed by atoms with Crippen molar-refractivity contribution in [3.8, 4) is 0 Å². The first kappa shape index (κ1) is 20.2. The number of hydrogen-bond acceptors (Lipinski definition) is 3. The summed E-state index contributed by atoms with van der Waals surface area (Å²) in [6.07, 6.45) is 3.42. The lowest BCUT2D eigenvalue weighted by molar-refractivity contribution is -0.121. The Morgan fingerprint density at radius 2 is 1.93 bits per heavy atom. The van der Waals surface area contributed by atoms with Gasteiger partial charge in [-0.3, -0.25) is 9.59 Å². The lowest BCUT2D eigenvalue weighted by Gasteiger charge is -2.34. The van der Waals surface area contributed by atoms with Gasteiger partial charge in [-0.1, -0.05) is 18.2 Å². The van der Waals surface area contributed by atoms with Gasteiger partial charge in [0.15, 0.2) is 5.96 Å². The second-order valence-electron chi connectivity index (χ2n) is 7.40. The van der Waals surface area contributed by atoms with Crippen molar-refractivity contribution in [2.24, 2.45) is 10.9 Å². The number of nitrogens with one attached hydrogen (secondary N) is 2. The van der Waals surface area contributed by atoms with E-state index in [0.29, 0.717) is 12.3 Å². The summed E-state index contributed by atoms with van der Waals surface area (Å²) in [4.78, 5) is 33.0. The predicted molar refractivity (Wildman–Crippen MR) is 111 cm³/mol. The van der Waals surface area contributed by atoms with E-state index in [-0.39, 0.29) is 18.4 Å². The van der Waals surface area contributed by atoms with Crippen LogP contribution in [0.3, 0.4) is 0 Å². The fourth-order valence-electron chi connectivity index (χ4n) is 3.96. The molecule has 0 spiro atoms. The Morgan fingerprint density at radius 1 is 1.18 bits per heavy atom. The first-order valence-electron chi connectivity index (χ1n) is 10.2. The minimum Gasteiger partial charge on any atom is -0.359 e. The van der Waals surface area contributed by atoms with Crippen molar-refractivity contribution >= 4 is 23.5 Å². The number of aliphatic imine (C=N–C) groups is 1. The second kappa shape index (κ2) is 9.57. The van der Waals surface area contributed by atoms with Crippen LogP contribution in [0, 0.1) is 5.92 Å². The Morgan fingerprint density at radius 3 is 2.64 bits per heavy atom. The van der Waals surface area contributed by atoms with Crippen molar-refractivity contribution in [2.45, 2.75) is 32.6 Å². The molecule has 0 aliphatic carbocycles. The van der Waals surface area contributed by atoms with Gasteiger partial charge in [0.05, 0.1) is 0 Å². The standard InChI is InChI=1S/C21H31N5O2/c1-3-23-21(25-11-8-16(9-12-25)14-19(27)22-2)24-15-20(28)26-13-10-17-6-4-5-7-18(17)26/h4-7,16H,3,8-15H2,1-2H3,(H,22,27)(H,23,24). The van der Waals surface area contributed by atoms with E-state index >= 15 is 0 Å². The number of benzene rings is 1. The smallest absolute Gasteiger partial charge is 0.248 e. The van der Waals surface area contributed by atoms with Crippen molar-refractivity contribution < 1.29 is 9.59 Å². The number of likely N-dealkylation sites (tertiary alicyclic amines) is 1. The van der Waals surface area contributed by atoms with Crippen molar-refractivity contribution in [1.29, 1.82) is 0 Å². The maximum atomic E-state index is 12.7. The van der Waals surface area contributed by atoms with Crippen LogP contribution < -0.4 is 15.5 Å². The molecule has 152 valence electrons. The number of carbonyl (C=O) groups is 2. The third kappa shape index (κ3) is 4.82. The fourth-order valence-corrected chi connectivity index (χ4v) is 3.96. The lowest BCUT2D eigenvalue weighted by Crippen LogP contribution is -2.46. The molecular weight excluding hydrogens is 354 g/mol. The van der Waals surface area contributed by atoms with E-state index in [1.807, 2.05) is 30.0 Å². The maximum absolute atomic E-state index is 12.7. The summed E-state index contributed by atoms with van der Waals surface area (Å²) < 4.78 is 0. The molecule has 0 bridgehead atoms. The number of nitrogens with zero attached hydrogens (tertiary/aromatic N) is 3. The summed E-state index contributed by atoms with van der Waals surface area (Å²) in [5.74, 6) is 1.36. The molecule has 2 N–H and O–H groups in total. The van der Waals surface area contributed by atoms with Gasteiger partial charge in [-0.15, -0.1) is 0 Å². The number of guanidine groups is 1. The Hall–Kier alpha value is -2.57. The van der Waals surface area contributed by atoms with E-state index in [2.05, 4.69) is 26.6 Å². The molecule has 7 nitrogen and oxygen atoms in total. The average molecular weight is 386 g/mol. The summed E-state index contributed by atoms with van der Waals surface area (Å²) in [7, 11) is 1.68. The molecule has 7 heteroatoms. The Balaban J connectivity index is 1.58. The molecule has 1 saturated heterocycles. The van der Waals surface area contributed by atoms with Crippen LogP contribution in [0.1, 0.15) is 31.7 Å². The number of hydrogen-bond donors (Lipinski definition) is 2. The Bertz CT molecular complexity index is 725. The number of para-hydroxylation sites is 1. The minimum atomic E-state index is 0.0369. The predicted octanol–water partition coefficient (Wildman–Crippen LogP) is 1.39. The molecule has 2 aliphatic heterocycles. The van der Waals surface area contributed by atoms with Gasteiger partial charge >= 0.3 is 0 Å². The summed E-state index contributed by atoms with van der Waals surface area (Å²) in [6.45, 7) is 5.39. The van der Waals surface area contributed by atoms with E-state index in [9.17, 15) is 9.59 Å². The van der Waals surface area contributed by atoms with Gasteiger partial charge in [0.2, 0.25) is 11.8 Å². The first-order valence-corrected chi connectivity index (χ1v) is 10.2. The van der Waals surface area contributed by atoms with E-state index in [1.54, 1.807) is 7.05 Å². The van der Waals surface area contributed by atoms with E-state index in [1.165, 1.54) is 5.56 Å². The number of rotatable bonds is 5. The lowest BCUT2D eigenvalue weighted by atomic mass is 9.93. The molecule has 1 aromatic carbocycles. The van der Waals surface area contributed by atoms with Crippen molar-refractivity contribution in [2.75, 3.05) is 44.7 Å². The highest BCUT2D eigenvalue weighted by atomic mass is 16.2. The Kier molecular flexibility index (Phi) is 6.90. The summed E-state index contributed by atoms with van der Waals surface area (Å²) >= 11 is 0. The quantitative estimate of drug-likeness (QED) is 0.593. The molecule has 3 rings (SSSR count). The molecule has 0 radical (unpaired) electrons. The second-order valence-corrected chi connectivity index (χ2v) is 7.40. The van der Waals surface area contributed by atoms with Crippen LogP contribution in [0.4, 0.5) is 5.69 Å². The molecule has 0 saturated carbocycles. The number of anilines is 1. The van der Waals surface area contributed by atoms with Gasteiger partial charge in [-0.2, -0.15) is 0 Å². The van der Waals surface area contributed by atoms with E-state index in [0.717, 1.165) is 57.1 Å². The van der Waals surface area contributed by atoms with E-state index in [4.69, 9.17) is 0 Å². The van der Waals surface area contributed by atoms with Crippen LogP contribution in [-0.2, 0) is 16.0 Å². The maximum Gasteiger partial charge on any atom is 0.248 e. The molecule has 0 aromatic heterocycles. The molecule has 28 heavy (non-hydrogen) atoms. The van der Waals surface area contributed by atoms with Crippen LogP contribution in [0.25, 0.3) is 0 Å². The third-order valence-corrected chi connectivity index (χ3v) is 5.55.